The number of rotatable bonds is 6. The summed E-state index contributed by atoms with van der Waals surface area (Å²) in [7, 11) is 0. The Hall–Kier alpha value is -1.98. The molecule has 0 unspecified atom stereocenters. The van der Waals surface area contributed by atoms with Crippen LogP contribution in [0.3, 0.4) is 0 Å². The minimum absolute atomic E-state index is 0.0864. The van der Waals surface area contributed by atoms with E-state index in [-0.39, 0.29) is 10.7 Å². The molecule has 0 saturated carbocycles. The molecule has 0 aliphatic heterocycles. The second-order valence-corrected chi connectivity index (χ2v) is 5.01. The molecule has 0 radical (unpaired) electrons. The SMILES string of the molecule is O=[N+]([O-])c1ccc(CCNCc2ccc(Cl)c(F)c2)cc1. The average Bonchev–Trinajstić information content (AvgIpc) is 2.47. The highest BCUT2D eigenvalue weighted by molar-refractivity contribution is 6.30. The zero-order valence-corrected chi connectivity index (χ0v) is 11.9. The molecule has 2 aromatic rings. The molecule has 2 rings (SSSR count). The van der Waals surface area contributed by atoms with Crippen LogP contribution in [0.1, 0.15) is 11.1 Å². The standard InChI is InChI=1S/C15H14ClFN2O2/c16-14-6-3-12(9-15(14)17)10-18-8-7-11-1-4-13(5-2-11)19(20)21/h1-6,9,18H,7-8,10H2. The van der Waals surface area contributed by atoms with Crippen LogP contribution in [0.15, 0.2) is 42.5 Å². The molecule has 0 heterocycles. The Labute approximate surface area is 126 Å². The monoisotopic (exact) mass is 308 g/mol. The van der Waals surface area contributed by atoms with E-state index in [4.69, 9.17) is 11.6 Å². The predicted molar refractivity (Wildman–Crippen MR) is 79.9 cm³/mol. The molecule has 0 aliphatic rings. The van der Waals surface area contributed by atoms with Crippen molar-refractivity contribution in [1.29, 1.82) is 0 Å². The summed E-state index contributed by atoms with van der Waals surface area (Å²) in [5.74, 6) is -0.425. The molecule has 4 nitrogen and oxygen atoms in total. The molecule has 6 heteroatoms. The topological polar surface area (TPSA) is 55.2 Å². The molecule has 0 aliphatic carbocycles. The molecular formula is C15H14ClFN2O2. The molecule has 21 heavy (non-hydrogen) atoms. The van der Waals surface area contributed by atoms with Crippen molar-refractivity contribution in [3.63, 3.8) is 0 Å². The Bertz CT molecular complexity index is 632. The molecule has 2 aromatic carbocycles. The molecular weight excluding hydrogens is 295 g/mol. The number of nitrogens with zero attached hydrogens (tertiary/aromatic N) is 1. The van der Waals surface area contributed by atoms with Crippen LogP contribution in [0.2, 0.25) is 5.02 Å². The number of nitro groups is 1. The highest BCUT2D eigenvalue weighted by Crippen LogP contribution is 2.15. The van der Waals surface area contributed by atoms with E-state index in [1.54, 1.807) is 18.2 Å². The summed E-state index contributed by atoms with van der Waals surface area (Å²) in [6, 6.07) is 11.2. The molecule has 0 saturated heterocycles. The lowest BCUT2D eigenvalue weighted by Crippen LogP contribution is -2.16. The van der Waals surface area contributed by atoms with Crippen molar-refractivity contribution in [2.45, 2.75) is 13.0 Å². The lowest BCUT2D eigenvalue weighted by molar-refractivity contribution is -0.384. The first-order chi connectivity index (χ1) is 10.1. The summed E-state index contributed by atoms with van der Waals surface area (Å²) < 4.78 is 13.2. The van der Waals surface area contributed by atoms with Crippen LogP contribution < -0.4 is 5.32 Å². The second-order valence-electron chi connectivity index (χ2n) is 4.60. The third-order valence-electron chi connectivity index (χ3n) is 3.05. The lowest BCUT2D eigenvalue weighted by Gasteiger charge is -2.06. The van der Waals surface area contributed by atoms with Crippen LogP contribution in [-0.4, -0.2) is 11.5 Å². The fourth-order valence-electron chi connectivity index (χ4n) is 1.90. The Morgan fingerprint density at radius 2 is 1.81 bits per heavy atom. The van der Waals surface area contributed by atoms with Gasteiger partial charge in [0.25, 0.3) is 5.69 Å². The van der Waals surface area contributed by atoms with Crippen molar-refractivity contribution >= 4 is 17.3 Å². The van der Waals surface area contributed by atoms with Gasteiger partial charge in [0.1, 0.15) is 5.82 Å². The van der Waals surface area contributed by atoms with Gasteiger partial charge in [0.05, 0.1) is 9.95 Å². The summed E-state index contributed by atoms with van der Waals surface area (Å²) in [4.78, 5) is 10.1. The summed E-state index contributed by atoms with van der Waals surface area (Å²) in [5.41, 5.74) is 1.92. The van der Waals surface area contributed by atoms with Crippen LogP contribution >= 0.6 is 11.6 Å². The molecule has 0 bridgehead atoms. The van der Waals surface area contributed by atoms with Crippen molar-refractivity contribution in [3.8, 4) is 0 Å². The minimum Gasteiger partial charge on any atom is -0.312 e. The van der Waals surface area contributed by atoms with Gasteiger partial charge in [-0.1, -0.05) is 29.8 Å². The number of nitro benzene ring substituents is 1. The first-order valence-corrected chi connectivity index (χ1v) is 6.82. The van der Waals surface area contributed by atoms with Crippen molar-refractivity contribution in [2.24, 2.45) is 0 Å². The van der Waals surface area contributed by atoms with Crippen molar-refractivity contribution in [3.05, 3.63) is 74.5 Å². The summed E-state index contributed by atoms with van der Waals surface area (Å²) in [5, 5.41) is 13.8. The highest BCUT2D eigenvalue weighted by atomic mass is 35.5. The lowest BCUT2D eigenvalue weighted by atomic mass is 10.1. The average molecular weight is 309 g/mol. The fourth-order valence-corrected chi connectivity index (χ4v) is 2.02. The van der Waals surface area contributed by atoms with Crippen molar-refractivity contribution in [1.82, 2.24) is 5.32 Å². The van der Waals surface area contributed by atoms with Gasteiger partial charge in [0.15, 0.2) is 0 Å². The number of nitrogens with one attached hydrogen (secondary N) is 1. The van der Waals surface area contributed by atoms with Gasteiger partial charge in [-0.25, -0.2) is 4.39 Å². The van der Waals surface area contributed by atoms with Gasteiger partial charge >= 0.3 is 0 Å². The van der Waals surface area contributed by atoms with E-state index in [0.717, 1.165) is 17.5 Å². The molecule has 0 atom stereocenters. The minimum atomic E-state index is -0.425. The highest BCUT2D eigenvalue weighted by Gasteiger charge is 2.04. The molecule has 0 amide bonds. The van der Waals surface area contributed by atoms with Crippen LogP contribution in [0.5, 0.6) is 0 Å². The van der Waals surface area contributed by atoms with Gasteiger partial charge in [-0.2, -0.15) is 0 Å². The molecule has 0 aromatic heterocycles. The Kier molecular flexibility index (Phi) is 5.25. The van der Waals surface area contributed by atoms with Gasteiger partial charge < -0.3 is 5.32 Å². The summed E-state index contributed by atoms with van der Waals surface area (Å²) in [6.07, 6.45) is 0.744. The Morgan fingerprint density at radius 3 is 2.43 bits per heavy atom. The van der Waals surface area contributed by atoms with E-state index >= 15 is 0 Å². The third-order valence-corrected chi connectivity index (χ3v) is 3.36. The van der Waals surface area contributed by atoms with E-state index < -0.39 is 10.7 Å². The summed E-state index contributed by atoms with van der Waals surface area (Å²) in [6.45, 7) is 1.24. The van der Waals surface area contributed by atoms with Crippen molar-refractivity contribution < 1.29 is 9.31 Å². The maximum absolute atomic E-state index is 13.2. The zero-order chi connectivity index (χ0) is 15.2. The molecule has 0 fully saturated rings. The van der Waals surface area contributed by atoms with Gasteiger partial charge in [-0.3, -0.25) is 10.1 Å². The van der Waals surface area contributed by atoms with Gasteiger partial charge in [-0.15, -0.1) is 0 Å². The van der Waals surface area contributed by atoms with Crippen LogP contribution in [0.4, 0.5) is 10.1 Å². The maximum Gasteiger partial charge on any atom is 0.269 e. The van der Waals surface area contributed by atoms with Crippen LogP contribution in [0, 0.1) is 15.9 Å². The molecule has 110 valence electrons. The quantitative estimate of drug-likeness (QED) is 0.503. The van der Waals surface area contributed by atoms with Crippen LogP contribution in [-0.2, 0) is 13.0 Å². The largest absolute Gasteiger partial charge is 0.312 e. The van der Waals surface area contributed by atoms with Crippen molar-refractivity contribution in [2.75, 3.05) is 6.54 Å². The normalized spacial score (nSPS) is 10.6. The number of hydrogen-bond acceptors (Lipinski definition) is 3. The van der Waals surface area contributed by atoms with E-state index in [9.17, 15) is 14.5 Å². The van der Waals surface area contributed by atoms with E-state index in [2.05, 4.69) is 5.32 Å². The predicted octanol–water partition coefficient (Wildman–Crippen LogP) is 3.72. The molecule has 0 spiro atoms. The Morgan fingerprint density at radius 1 is 1.14 bits per heavy atom. The first-order valence-electron chi connectivity index (χ1n) is 6.44. The van der Waals surface area contributed by atoms with Gasteiger partial charge in [0.2, 0.25) is 0 Å². The number of benzene rings is 2. The fraction of sp³-hybridized carbons (Fsp3) is 0.200. The first kappa shape index (κ1) is 15.4. The third kappa shape index (κ3) is 4.51. The zero-order valence-electron chi connectivity index (χ0n) is 11.2. The van der Waals surface area contributed by atoms with E-state index in [1.807, 2.05) is 0 Å². The Balaban J connectivity index is 1.79. The number of hydrogen-bond donors (Lipinski definition) is 1. The number of non-ortho nitro benzene ring substituents is 1. The van der Waals surface area contributed by atoms with E-state index in [1.165, 1.54) is 24.3 Å². The maximum atomic E-state index is 13.2. The smallest absolute Gasteiger partial charge is 0.269 e. The molecule has 1 N–H and O–H groups in total. The van der Waals surface area contributed by atoms with Crippen LogP contribution in [0.25, 0.3) is 0 Å². The second kappa shape index (κ2) is 7.15. The number of halogens is 2. The van der Waals surface area contributed by atoms with Gasteiger partial charge in [-0.05, 0) is 36.2 Å². The van der Waals surface area contributed by atoms with E-state index in [0.29, 0.717) is 13.1 Å². The van der Waals surface area contributed by atoms with Gasteiger partial charge in [0, 0.05) is 18.7 Å². The summed E-state index contributed by atoms with van der Waals surface area (Å²) >= 11 is 5.61.